The van der Waals surface area contributed by atoms with Crippen LogP contribution in [0.15, 0.2) is 12.3 Å². The molecular formula is C14H29NO. The molecule has 0 atom stereocenters. The summed E-state index contributed by atoms with van der Waals surface area (Å²) in [6.45, 7) is 2.25. The summed E-state index contributed by atoms with van der Waals surface area (Å²) in [4.78, 5) is 0. The van der Waals surface area contributed by atoms with Crippen LogP contribution in [0.25, 0.3) is 0 Å². The van der Waals surface area contributed by atoms with Gasteiger partial charge in [0.1, 0.15) is 0 Å². The molecule has 0 aliphatic carbocycles. The first-order valence-corrected chi connectivity index (χ1v) is 6.78. The van der Waals surface area contributed by atoms with Gasteiger partial charge in [0.2, 0.25) is 0 Å². The molecule has 0 unspecified atom stereocenters. The summed E-state index contributed by atoms with van der Waals surface area (Å²) in [5.41, 5.74) is 0. The second-order valence-corrected chi connectivity index (χ2v) is 5.08. The van der Waals surface area contributed by atoms with Crippen LogP contribution in [0.5, 0.6) is 0 Å². The Labute approximate surface area is 102 Å². The maximum atomic E-state index is 11.2. The van der Waals surface area contributed by atoms with Gasteiger partial charge in [-0.25, -0.2) is 0 Å². The zero-order chi connectivity index (χ0) is 12.3. The Hall–Kier alpha value is -0.340. The van der Waals surface area contributed by atoms with Crippen LogP contribution < -0.4 is 0 Å². The van der Waals surface area contributed by atoms with Gasteiger partial charge >= 0.3 is 0 Å². The lowest BCUT2D eigenvalue weighted by Gasteiger charge is -2.28. The molecule has 0 aromatic carbocycles. The maximum Gasteiger partial charge on any atom is 0.0913 e. The summed E-state index contributed by atoms with van der Waals surface area (Å²) >= 11 is 0. The molecule has 0 aliphatic heterocycles. The first kappa shape index (κ1) is 15.7. The third kappa shape index (κ3) is 13.7. The number of hydrogen-bond acceptors (Lipinski definition) is 1. The number of hydroxylamine groups is 3. The number of quaternary nitrogens is 1. The SMILES string of the molecule is CCCCCCCCCCC=C[N+](C)(C)[O-]. The molecule has 0 rings (SSSR count). The van der Waals surface area contributed by atoms with Gasteiger partial charge in [-0.2, -0.15) is 0 Å². The highest BCUT2D eigenvalue weighted by Gasteiger charge is 1.93. The highest BCUT2D eigenvalue weighted by molar-refractivity contribution is 4.73. The Morgan fingerprint density at radius 1 is 0.875 bits per heavy atom. The number of nitrogens with zero attached hydrogens (tertiary/aromatic N) is 1. The molecule has 0 aromatic heterocycles. The first-order chi connectivity index (χ1) is 7.56. The van der Waals surface area contributed by atoms with Crippen molar-refractivity contribution in [2.24, 2.45) is 0 Å². The Balaban J connectivity index is 3.13. The zero-order valence-electron chi connectivity index (χ0n) is 11.4. The summed E-state index contributed by atoms with van der Waals surface area (Å²) in [5, 5.41) is 11.2. The molecule has 0 fully saturated rings. The van der Waals surface area contributed by atoms with Crippen LogP contribution in [0.4, 0.5) is 0 Å². The van der Waals surface area contributed by atoms with Crippen LogP contribution in [0.2, 0.25) is 0 Å². The summed E-state index contributed by atoms with van der Waals surface area (Å²) in [5.74, 6) is 0. The summed E-state index contributed by atoms with van der Waals surface area (Å²) in [6, 6.07) is 0. The number of hydrogen-bond donors (Lipinski definition) is 0. The average Bonchev–Trinajstić information content (AvgIpc) is 2.19. The lowest BCUT2D eigenvalue weighted by molar-refractivity contribution is -0.785. The van der Waals surface area contributed by atoms with Crippen molar-refractivity contribution in [1.82, 2.24) is 0 Å². The molecule has 0 bridgehead atoms. The molecule has 0 N–H and O–H groups in total. The molecular weight excluding hydrogens is 198 g/mol. The van der Waals surface area contributed by atoms with Crippen LogP contribution in [-0.4, -0.2) is 18.7 Å². The van der Waals surface area contributed by atoms with Gasteiger partial charge in [-0.3, -0.25) is 0 Å². The smallest absolute Gasteiger partial charge is 0.0913 e. The number of rotatable bonds is 10. The van der Waals surface area contributed by atoms with Crippen molar-refractivity contribution in [3.8, 4) is 0 Å². The van der Waals surface area contributed by atoms with Crippen LogP contribution in [0.3, 0.4) is 0 Å². The fourth-order valence-electron chi connectivity index (χ4n) is 1.72. The van der Waals surface area contributed by atoms with E-state index < -0.39 is 0 Å². The van der Waals surface area contributed by atoms with Crippen molar-refractivity contribution in [1.29, 1.82) is 0 Å². The molecule has 0 saturated heterocycles. The molecule has 0 heterocycles. The average molecular weight is 227 g/mol. The van der Waals surface area contributed by atoms with Gasteiger partial charge in [-0.15, -0.1) is 0 Å². The fraction of sp³-hybridized carbons (Fsp3) is 0.857. The molecule has 16 heavy (non-hydrogen) atoms. The van der Waals surface area contributed by atoms with Crippen molar-refractivity contribution in [2.45, 2.75) is 64.7 Å². The molecule has 0 saturated carbocycles. The van der Waals surface area contributed by atoms with Gasteiger partial charge in [0.05, 0.1) is 20.3 Å². The van der Waals surface area contributed by atoms with E-state index in [1.54, 1.807) is 20.3 Å². The quantitative estimate of drug-likeness (QED) is 0.304. The predicted octanol–water partition coefficient (Wildman–Crippen LogP) is 4.61. The summed E-state index contributed by atoms with van der Waals surface area (Å²) < 4.78 is -0.309. The molecule has 0 amide bonds. The summed E-state index contributed by atoms with van der Waals surface area (Å²) in [7, 11) is 3.29. The van der Waals surface area contributed by atoms with E-state index in [1.165, 1.54) is 51.4 Å². The normalized spacial score (nSPS) is 12.5. The van der Waals surface area contributed by atoms with E-state index in [-0.39, 0.29) is 4.65 Å². The molecule has 2 heteroatoms. The van der Waals surface area contributed by atoms with Crippen LogP contribution in [0, 0.1) is 5.21 Å². The van der Waals surface area contributed by atoms with Gasteiger partial charge in [0.25, 0.3) is 0 Å². The van der Waals surface area contributed by atoms with E-state index in [4.69, 9.17) is 0 Å². The lowest BCUT2D eigenvalue weighted by atomic mass is 10.1. The second kappa shape index (κ2) is 9.86. The highest BCUT2D eigenvalue weighted by Crippen LogP contribution is 2.10. The fourth-order valence-corrected chi connectivity index (χ4v) is 1.72. The Bertz CT molecular complexity index is 170. The molecule has 0 radical (unpaired) electrons. The highest BCUT2D eigenvalue weighted by atomic mass is 16.5. The molecule has 0 aromatic rings. The number of unbranched alkanes of at least 4 members (excludes halogenated alkanes) is 8. The van der Waals surface area contributed by atoms with E-state index in [9.17, 15) is 5.21 Å². The summed E-state index contributed by atoms with van der Waals surface area (Å²) in [6.07, 6.45) is 15.6. The van der Waals surface area contributed by atoms with Crippen LogP contribution >= 0.6 is 0 Å². The minimum absolute atomic E-state index is 0.309. The van der Waals surface area contributed by atoms with Crippen molar-refractivity contribution in [3.05, 3.63) is 17.5 Å². The Morgan fingerprint density at radius 2 is 1.38 bits per heavy atom. The number of allylic oxidation sites excluding steroid dienone is 1. The van der Waals surface area contributed by atoms with Crippen molar-refractivity contribution >= 4 is 0 Å². The van der Waals surface area contributed by atoms with Crippen molar-refractivity contribution in [2.75, 3.05) is 14.1 Å². The van der Waals surface area contributed by atoms with E-state index in [1.807, 2.05) is 6.08 Å². The third-order valence-electron chi connectivity index (χ3n) is 2.69. The topological polar surface area (TPSA) is 23.1 Å². The van der Waals surface area contributed by atoms with Gasteiger partial charge in [-0.05, 0) is 18.9 Å². The molecule has 0 aliphatic rings. The van der Waals surface area contributed by atoms with E-state index in [0.717, 1.165) is 6.42 Å². The first-order valence-electron chi connectivity index (χ1n) is 6.78. The standard InChI is InChI=1S/C14H29NO/c1-4-5-6-7-8-9-10-11-12-13-14-15(2,3)16/h13-14H,4-12H2,1-3H3. The third-order valence-corrected chi connectivity index (χ3v) is 2.69. The van der Waals surface area contributed by atoms with E-state index in [0.29, 0.717) is 0 Å². The van der Waals surface area contributed by atoms with Crippen LogP contribution in [-0.2, 0) is 0 Å². The monoisotopic (exact) mass is 227 g/mol. The Kier molecular flexibility index (Phi) is 9.65. The largest absolute Gasteiger partial charge is 0.628 e. The van der Waals surface area contributed by atoms with Gasteiger partial charge in [0.15, 0.2) is 0 Å². The second-order valence-electron chi connectivity index (χ2n) is 5.08. The van der Waals surface area contributed by atoms with Gasteiger partial charge in [-0.1, -0.05) is 51.9 Å². The van der Waals surface area contributed by atoms with E-state index in [2.05, 4.69) is 6.92 Å². The van der Waals surface area contributed by atoms with Crippen LogP contribution in [0.1, 0.15) is 64.7 Å². The van der Waals surface area contributed by atoms with Crippen molar-refractivity contribution in [3.63, 3.8) is 0 Å². The zero-order valence-corrected chi connectivity index (χ0v) is 11.4. The van der Waals surface area contributed by atoms with Gasteiger partial charge < -0.3 is 9.85 Å². The van der Waals surface area contributed by atoms with E-state index >= 15 is 0 Å². The molecule has 0 spiro atoms. The van der Waals surface area contributed by atoms with Gasteiger partial charge in [0, 0.05) is 0 Å². The predicted molar refractivity (Wildman–Crippen MR) is 71.8 cm³/mol. The minimum Gasteiger partial charge on any atom is -0.628 e. The van der Waals surface area contributed by atoms with Crippen molar-refractivity contribution < 1.29 is 4.65 Å². The maximum absolute atomic E-state index is 11.2. The Morgan fingerprint density at radius 3 is 1.88 bits per heavy atom. The molecule has 96 valence electrons. The molecule has 2 nitrogen and oxygen atoms in total. The minimum atomic E-state index is -0.309. The lowest BCUT2D eigenvalue weighted by Crippen LogP contribution is -2.23.